The van der Waals surface area contributed by atoms with Gasteiger partial charge in [0, 0.05) is 5.92 Å². The Morgan fingerprint density at radius 2 is 1.90 bits per heavy atom. The molecule has 0 aliphatic heterocycles. The van der Waals surface area contributed by atoms with Crippen molar-refractivity contribution in [1.82, 2.24) is 4.98 Å². The van der Waals surface area contributed by atoms with Crippen LogP contribution in [0.25, 0.3) is 0 Å². The molecule has 4 heteroatoms. The van der Waals surface area contributed by atoms with Crippen molar-refractivity contribution in [3.63, 3.8) is 0 Å². The molecule has 0 saturated heterocycles. The molecule has 0 spiro atoms. The largest absolute Gasteiger partial charge is 0.487 e. The predicted molar refractivity (Wildman–Crippen MR) is 76.6 cm³/mol. The number of benzene rings is 1. The maximum atomic E-state index is 9.89. The number of oxazole rings is 1. The number of aromatic nitrogens is 1. The van der Waals surface area contributed by atoms with Gasteiger partial charge in [-0.3, -0.25) is 0 Å². The molecular weight excluding hydrogens is 254 g/mol. The van der Waals surface area contributed by atoms with Crippen LogP contribution in [0, 0.1) is 0 Å². The molecule has 0 atom stereocenters. The monoisotopic (exact) mass is 275 g/mol. The number of aliphatic hydroxyl groups is 1. The second kappa shape index (κ2) is 5.67. The molecule has 1 aromatic carbocycles. The standard InChI is InChI=1S/C16H21NO3/c1-11(2)15-14(17-10-20-15)9-19-13-7-5-12(6-8-13)16(3,4)18/h5-8,10-11,18H,9H2,1-4H3. The first-order valence-corrected chi connectivity index (χ1v) is 6.76. The second-order valence-corrected chi connectivity index (χ2v) is 5.69. The van der Waals surface area contributed by atoms with Gasteiger partial charge >= 0.3 is 0 Å². The van der Waals surface area contributed by atoms with Crippen LogP contribution < -0.4 is 4.74 Å². The molecule has 0 amide bonds. The van der Waals surface area contributed by atoms with E-state index in [1.807, 2.05) is 24.3 Å². The Balaban J connectivity index is 2.02. The normalized spacial score (nSPS) is 11.9. The molecule has 1 aromatic heterocycles. The number of rotatable bonds is 5. The minimum atomic E-state index is -0.838. The van der Waals surface area contributed by atoms with Gasteiger partial charge in [0.15, 0.2) is 6.39 Å². The first-order valence-electron chi connectivity index (χ1n) is 6.76. The average Bonchev–Trinajstić information content (AvgIpc) is 2.84. The van der Waals surface area contributed by atoms with Crippen molar-refractivity contribution in [3.8, 4) is 5.75 Å². The number of nitrogens with zero attached hydrogens (tertiary/aromatic N) is 1. The van der Waals surface area contributed by atoms with Gasteiger partial charge in [0.1, 0.15) is 23.8 Å². The molecule has 0 radical (unpaired) electrons. The first kappa shape index (κ1) is 14.6. The third-order valence-electron chi connectivity index (χ3n) is 3.13. The molecule has 20 heavy (non-hydrogen) atoms. The number of hydrogen-bond donors (Lipinski definition) is 1. The minimum Gasteiger partial charge on any atom is -0.487 e. The highest BCUT2D eigenvalue weighted by molar-refractivity contribution is 5.30. The van der Waals surface area contributed by atoms with E-state index in [1.165, 1.54) is 6.39 Å². The second-order valence-electron chi connectivity index (χ2n) is 5.69. The van der Waals surface area contributed by atoms with Gasteiger partial charge < -0.3 is 14.3 Å². The van der Waals surface area contributed by atoms with Gasteiger partial charge in [-0.2, -0.15) is 0 Å². The van der Waals surface area contributed by atoms with Crippen molar-refractivity contribution in [2.45, 2.75) is 45.8 Å². The van der Waals surface area contributed by atoms with Crippen LogP contribution in [-0.2, 0) is 12.2 Å². The van der Waals surface area contributed by atoms with E-state index in [4.69, 9.17) is 9.15 Å². The highest BCUT2D eigenvalue weighted by Gasteiger charge is 2.16. The molecule has 0 aliphatic rings. The zero-order valence-corrected chi connectivity index (χ0v) is 12.4. The third-order valence-corrected chi connectivity index (χ3v) is 3.13. The van der Waals surface area contributed by atoms with Gasteiger partial charge in [-0.05, 0) is 31.5 Å². The first-order chi connectivity index (χ1) is 9.38. The molecule has 108 valence electrons. The summed E-state index contributed by atoms with van der Waals surface area (Å²) >= 11 is 0. The number of ether oxygens (including phenoxy) is 1. The fourth-order valence-corrected chi connectivity index (χ4v) is 1.97. The third kappa shape index (κ3) is 3.39. The van der Waals surface area contributed by atoms with E-state index in [9.17, 15) is 5.11 Å². The fourth-order valence-electron chi connectivity index (χ4n) is 1.97. The van der Waals surface area contributed by atoms with E-state index in [2.05, 4.69) is 18.8 Å². The van der Waals surface area contributed by atoms with Crippen molar-refractivity contribution in [2.24, 2.45) is 0 Å². The lowest BCUT2D eigenvalue weighted by atomic mass is 9.99. The Morgan fingerprint density at radius 1 is 1.25 bits per heavy atom. The van der Waals surface area contributed by atoms with Crippen LogP contribution in [0.1, 0.15) is 50.6 Å². The molecule has 0 unspecified atom stereocenters. The summed E-state index contributed by atoms with van der Waals surface area (Å²) in [5.41, 5.74) is 0.843. The molecular formula is C16H21NO3. The summed E-state index contributed by atoms with van der Waals surface area (Å²) in [6, 6.07) is 7.42. The Kier molecular flexibility index (Phi) is 4.14. The molecule has 4 nitrogen and oxygen atoms in total. The van der Waals surface area contributed by atoms with Gasteiger partial charge in [-0.15, -0.1) is 0 Å². The van der Waals surface area contributed by atoms with E-state index >= 15 is 0 Å². The smallest absolute Gasteiger partial charge is 0.181 e. The topological polar surface area (TPSA) is 55.5 Å². The Labute approximate surface area is 119 Å². The summed E-state index contributed by atoms with van der Waals surface area (Å²) in [6.07, 6.45) is 1.45. The van der Waals surface area contributed by atoms with Crippen molar-refractivity contribution in [1.29, 1.82) is 0 Å². The van der Waals surface area contributed by atoms with Gasteiger partial charge in [0.2, 0.25) is 0 Å². The molecule has 2 aromatic rings. The predicted octanol–water partition coefficient (Wildman–Crippen LogP) is 3.60. The quantitative estimate of drug-likeness (QED) is 0.905. The highest BCUT2D eigenvalue weighted by Crippen LogP contribution is 2.24. The van der Waals surface area contributed by atoms with Gasteiger partial charge in [-0.25, -0.2) is 4.98 Å². The maximum Gasteiger partial charge on any atom is 0.181 e. The Hall–Kier alpha value is -1.81. The van der Waals surface area contributed by atoms with Crippen molar-refractivity contribution < 1.29 is 14.3 Å². The van der Waals surface area contributed by atoms with E-state index in [1.54, 1.807) is 13.8 Å². The maximum absolute atomic E-state index is 9.89. The zero-order valence-electron chi connectivity index (χ0n) is 12.4. The molecule has 0 fully saturated rings. The van der Waals surface area contributed by atoms with Crippen molar-refractivity contribution in [3.05, 3.63) is 47.7 Å². The molecule has 1 N–H and O–H groups in total. The average molecular weight is 275 g/mol. The summed E-state index contributed by atoms with van der Waals surface area (Å²) in [5.74, 6) is 1.89. The van der Waals surface area contributed by atoms with Gasteiger partial charge in [0.05, 0.1) is 5.60 Å². The lowest BCUT2D eigenvalue weighted by Crippen LogP contribution is -2.15. The lowest BCUT2D eigenvalue weighted by molar-refractivity contribution is 0.0785. The molecule has 0 aliphatic carbocycles. The zero-order chi connectivity index (χ0) is 14.8. The molecule has 0 saturated carbocycles. The van der Waals surface area contributed by atoms with Crippen LogP contribution in [-0.4, -0.2) is 10.1 Å². The van der Waals surface area contributed by atoms with Gasteiger partial charge in [0.25, 0.3) is 0 Å². The van der Waals surface area contributed by atoms with Crippen molar-refractivity contribution in [2.75, 3.05) is 0 Å². The fraction of sp³-hybridized carbons (Fsp3) is 0.438. The highest BCUT2D eigenvalue weighted by atomic mass is 16.5. The van der Waals surface area contributed by atoms with Gasteiger partial charge in [-0.1, -0.05) is 26.0 Å². The van der Waals surface area contributed by atoms with Crippen LogP contribution in [0.3, 0.4) is 0 Å². The SMILES string of the molecule is CC(C)c1ocnc1COc1ccc(C(C)(C)O)cc1. The van der Waals surface area contributed by atoms with Crippen LogP contribution in [0.4, 0.5) is 0 Å². The summed E-state index contributed by atoms with van der Waals surface area (Å²) < 4.78 is 11.1. The van der Waals surface area contributed by atoms with E-state index in [0.717, 1.165) is 22.8 Å². The summed E-state index contributed by atoms with van der Waals surface area (Å²) in [7, 11) is 0. The summed E-state index contributed by atoms with van der Waals surface area (Å²) in [5, 5.41) is 9.89. The lowest BCUT2D eigenvalue weighted by Gasteiger charge is -2.17. The summed E-state index contributed by atoms with van der Waals surface area (Å²) in [4.78, 5) is 4.18. The van der Waals surface area contributed by atoms with E-state index < -0.39 is 5.60 Å². The van der Waals surface area contributed by atoms with E-state index in [0.29, 0.717) is 6.61 Å². The Bertz CT molecular complexity index is 550. The molecule has 2 rings (SSSR count). The molecule has 1 heterocycles. The van der Waals surface area contributed by atoms with Crippen LogP contribution in [0.5, 0.6) is 5.75 Å². The van der Waals surface area contributed by atoms with Crippen molar-refractivity contribution >= 4 is 0 Å². The van der Waals surface area contributed by atoms with E-state index in [-0.39, 0.29) is 5.92 Å². The minimum absolute atomic E-state index is 0.286. The summed E-state index contributed by atoms with van der Waals surface area (Å²) in [6.45, 7) is 8.01. The van der Waals surface area contributed by atoms with Crippen LogP contribution in [0.2, 0.25) is 0 Å². The van der Waals surface area contributed by atoms with Crippen LogP contribution >= 0.6 is 0 Å². The molecule has 0 bridgehead atoms. The Morgan fingerprint density at radius 3 is 2.45 bits per heavy atom. The number of hydrogen-bond acceptors (Lipinski definition) is 4. The van der Waals surface area contributed by atoms with Crippen LogP contribution in [0.15, 0.2) is 35.1 Å².